The van der Waals surface area contributed by atoms with E-state index in [1.165, 1.54) is 0 Å². The summed E-state index contributed by atoms with van der Waals surface area (Å²) in [6.45, 7) is 2.03. The lowest BCUT2D eigenvalue weighted by Crippen LogP contribution is -2.28. The maximum atomic E-state index is 12.1. The summed E-state index contributed by atoms with van der Waals surface area (Å²) in [6.07, 6.45) is 3.47. The fourth-order valence-corrected chi connectivity index (χ4v) is 2.20. The summed E-state index contributed by atoms with van der Waals surface area (Å²) in [7, 11) is 0. The van der Waals surface area contributed by atoms with Crippen molar-refractivity contribution in [3.05, 3.63) is 59.4 Å². The van der Waals surface area contributed by atoms with E-state index in [2.05, 4.69) is 20.9 Å². The van der Waals surface area contributed by atoms with Crippen LogP contribution in [0.25, 0.3) is 0 Å². The van der Waals surface area contributed by atoms with Crippen molar-refractivity contribution in [2.24, 2.45) is 0 Å². The molecule has 0 radical (unpaired) electrons. The van der Waals surface area contributed by atoms with Gasteiger partial charge in [-0.1, -0.05) is 6.07 Å². The number of carbonyl (C=O) groups excluding carboxylic acids is 1. The second-order valence-corrected chi connectivity index (χ2v) is 4.70. The normalized spacial score (nSPS) is 13.2. The molecule has 1 amide bonds. The Morgan fingerprint density at radius 3 is 3.15 bits per heavy atom. The topological polar surface area (TPSA) is 66.0 Å². The quantitative estimate of drug-likeness (QED) is 0.789. The summed E-state index contributed by atoms with van der Waals surface area (Å²) in [4.78, 5) is 16.2. The van der Waals surface area contributed by atoms with Crippen LogP contribution in [0.2, 0.25) is 0 Å². The number of pyridine rings is 1. The van der Waals surface area contributed by atoms with Crippen molar-refractivity contribution in [1.82, 2.24) is 15.6 Å². The van der Waals surface area contributed by atoms with E-state index in [9.17, 15) is 4.79 Å². The molecule has 102 valence electrons. The first-order valence-electron chi connectivity index (χ1n) is 6.57. The van der Waals surface area contributed by atoms with Crippen LogP contribution >= 0.6 is 0 Å². The molecule has 1 aliphatic heterocycles. The van der Waals surface area contributed by atoms with Gasteiger partial charge in [-0.2, -0.15) is 0 Å². The summed E-state index contributed by atoms with van der Waals surface area (Å²) in [5.41, 5.74) is 3.87. The largest absolute Gasteiger partial charge is 0.372 e. The first kappa shape index (κ1) is 12.6. The lowest BCUT2D eigenvalue weighted by Gasteiger charge is -2.19. The predicted molar refractivity (Wildman–Crippen MR) is 77.2 cm³/mol. The van der Waals surface area contributed by atoms with Gasteiger partial charge >= 0.3 is 0 Å². The summed E-state index contributed by atoms with van der Waals surface area (Å²) in [6, 6.07) is 9.52. The number of carbonyl (C=O) groups is 1. The summed E-state index contributed by atoms with van der Waals surface area (Å²) in [5.74, 6) is -0.0674. The molecular formula is C15H16N4O. The minimum Gasteiger partial charge on any atom is -0.372 e. The van der Waals surface area contributed by atoms with Gasteiger partial charge in [-0.25, -0.2) is 0 Å². The highest BCUT2D eigenvalue weighted by molar-refractivity contribution is 5.94. The van der Waals surface area contributed by atoms with Crippen LogP contribution in [0.1, 0.15) is 21.5 Å². The Morgan fingerprint density at radius 1 is 1.35 bits per heavy atom. The predicted octanol–water partition coefficient (Wildman–Crippen LogP) is 1.48. The second-order valence-electron chi connectivity index (χ2n) is 4.70. The van der Waals surface area contributed by atoms with Gasteiger partial charge < -0.3 is 10.6 Å². The van der Waals surface area contributed by atoms with E-state index in [0.717, 1.165) is 30.0 Å². The van der Waals surface area contributed by atoms with E-state index in [1.54, 1.807) is 12.4 Å². The Kier molecular flexibility index (Phi) is 3.60. The molecule has 0 fully saturated rings. The molecule has 5 heteroatoms. The van der Waals surface area contributed by atoms with Gasteiger partial charge in [0.05, 0.1) is 6.67 Å². The van der Waals surface area contributed by atoms with Crippen LogP contribution in [0, 0.1) is 0 Å². The number of fused-ring (bicyclic) bond motifs is 1. The van der Waals surface area contributed by atoms with Crippen molar-refractivity contribution >= 4 is 11.6 Å². The molecule has 1 aromatic carbocycles. The molecule has 0 aliphatic carbocycles. The molecule has 0 saturated heterocycles. The molecular weight excluding hydrogens is 252 g/mol. The van der Waals surface area contributed by atoms with Gasteiger partial charge in [-0.15, -0.1) is 0 Å². The highest BCUT2D eigenvalue weighted by Gasteiger charge is 2.11. The van der Waals surface area contributed by atoms with Gasteiger partial charge in [0.15, 0.2) is 0 Å². The number of nitrogens with zero attached hydrogens (tertiary/aromatic N) is 1. The van der Waals surface area contributed by atoms with Gasteiger partial charge in [0.2, 0.25) is 0 Å². The minimum atomic E-state index is -0.0674. The molecule has 0 atom stereocenters. The molecule has 0 bridgehead atoms. The fourth-order valence-electron chi connectivity index (χ4n) is 2.20. The minimum absolute atomic E-state index is 0.0674. The van der Waals surface area contributed by atoms with Crippen LogP contribution in [-0.2, 0) is 13.1 Å². The molecule has 5 nitrogen and oxygen atoms in total. The molecule has 0 saturated carbocycles. The first-order valence-corrected chi connectivity index (χ1v) is 6.57. The van der Waals surface area contributed by atoms with Crippen LogP contribution in [0.4, 0.5) is 5.69 Å². The van der Waals surface area contributed by atoms with E-state index in [0.29, 0.717) is 12.1 Å². The SMILES string of the molecule is O=C(NCc1cccnc1)c1ccc2c(c1)CNCN2. The van der Waals surface area contributed by atoms with Crippen LogP contribution < -0.4 is 16.0 Å². The van der Waals surface area contributed by atoms with Crippen molar-refractivity contribution in [3.63, 3.8) is 0 Å². The molecule has 3 N–H and O–H groups in total. The average Bonchev–Trinajstić information content (AvgIpc) is 2.53. The Bertz CT molecular complexity index is 613. The van der Waals surface area contributed by atoms with E-state index < -0.39 is 0 Å². The molecule has 0 spiro atoms. The third-order valence-corrected chi connectivity index (χ3v) is 3.26. The van der Waals surface area contributed by atoms with Crippen LogP contribution in [0.3, 0.4) is 0 Å². The molecule has 2 aromatic rings. The molecule has 2 heterocycles. The molecule has 1 aromatic heterocycles. The number of aromatic nitrogens is 1. The number of rotatable bonds is 3. The summed E-state index contributed by atoms with van der Waals surface area (Å²) < 4.78 is 0. The zero-order valence-electron chi connectivity index (χ0n) is 11.0. The maximum Gasteiger partial charge on any atom is 0.251 e. The lowest BCUT2D eigenvalue weighted by molar-refractivity contribution is 0.0951. The molecule has 1 aliphatic rings. The smallest absolute Gasteiger partial charge is 0.251 e. The van der Waals surface area contributed by atoms with Crippen molar-refractivity contribution in [2.45, 2.75) is 13.1 Å². The molecule has 20 heavy (non-hydrogen) atoms. The van der Waals surface area contributed by atoms with Crippen molar-refractivity contribution in [1.29, 1.82) is 0 Å². The zero-order chi connectivity index (χ0) is 13.8. The standard InChI is InChI=1S/C15H16N4O/c20-15(18-8-11-2-1-5-16-7-11)12-3-4-14-13(6-12)9-17-10-19-14/h1-7,17,19H,8-10H2,(H,18,20). The van der Waals surface area contributed by atoms with E-state index in [-0.39, 0.29) is 5.91 Å². The van der Waals surface area contributed by atoms with Crippen molar-refractivity contribution in [3.8, 4) is 0 Å². The number of benzene rings is 1. The van der Waals surface area contributed by atoms with Gasteiger partial charge in [0.1, 0.15) is 0 Å². The van der Waals surface area contributed by atoms with Crippen molar-refractivity contribution < 1.29 is 4.79 Å². The van der Waals surface area contributed by atoms with Gasteiger partial charge in [-0.05, 0) is 35.4 Å². The highest BCUT2D eigenvalue weighted by atomic mass is 16.1. The maximum absolute atomic E-state index is 12.1. The van der Waals surface area contributed by atoms with Crippen LogP contribution in [0.5, 0.6) is 0 Å². The van der Waals surface area contributed by atoms with E-state index >= 15 is 0 Å². The summed E-state index contributed by atoms with van der Waals surface area (Å²) in [5, 5.41) is 9.35. The number of hydrogen-bond donors (Lipinski definition) is 3. The Morgan fingerprint density at radius 2 is 2.30 bits per heavy atom. The second kappa shape index (κ2) is 5.71. The monoisotopic (exact) mass is 268 g/mol. The Balaban J connectivity index is 1.68. The molecule has 3 rings (SSSR count). The number of amides is 1. The highest BCUT2D eigenvalue weighted by Crippen LogP contribution is 2.19. The fraction of sp³-hybridized carbons (Fsp3) is 0.200. The van der Waals surface area contributed by atoms with E-state index in [1.807, 2.05) is 30.3 Å². The number of anilines is 1. The summed E-state index contributed by atoms with van der Waals surface area (Å²) >= 11 is 0. The van der Waals surface area contributed by atoms with Crippen LogP contribution in [-0.4, -0.2) is 17.6 Å². The Labute approximate surface area is 117 Å². The first-order chi connectivity index (χ1) is 9.83. The Hall–Kier alpha value is -2.40. The average molecular weight is 268 g/mol. The van der Waals surface area contributed by atoms with Crippen molar-refractivity contribution in [2.75, 3.05) is 12.0 Å². The molecule has 0 unspecified atom stereocenters. The number of hydrogen-bond acceptors (Lipinski definition) is 4. The zero-order valence-corrected chi connectivity index (χ0v) is 11.0. The lowest BCUT2D eigenvalue weighted by atomic mass is 10.1. The van der Waals surface area contributed by atoms with E-state index in [4.69, 9.17) is 0 Å². The van der Waals surface area contributed by atoms with Gasteiger partial charge in [-0.3, -0.25) is 15.1 Å². The third-order valence-electron chi connectivity index (χ3n) is 3.26. The third kappa shape index (κ3) is 2.78. The van der Waals surface area contributed by atoms with Gasteiger partial charge in [0, 0.05) is 36.7 Å². The van der Waals surface area contributed by atoms with Crippen LogP contribution in [0.15, 0.2) is 42.7 Å². The van der Waals surface area contributed by atoms with Gasteiger partial charge in [0.25, 0.3) is 5.91 Å². The number of nitrogens with one attached hydrogen (secondary N) is 3.